The number of ether oxygens (including phenoxy) is 6. The number of nitrogens with zero attached hydrogens (tertiary/aromatic N) is 2. The van der Waals surface area contributed by atoms with Crippen LogP contribution in [-0.4, -0.2) is 70.5 Å². The van der Waals surface area contributed by atoms with Crippen molar-refractivity contribution in [3.8, 4) is 51.7 Å². The normalized spacial score (nSPS) is 19.0. The van der Waals surface area contributed by atoms with Gasteiger partial charge in [0.1, 0.15) is 5.75 Å². The number of methoxy groups -OCH3 is 4. The fourth-order valence-corrected chi connectivity index (χ4v) is 7.38. The molecule has 4 aliphatic heterocycles. The van der Waals surface area contributed by atoms with Crippen molar-refractivity contribution in [2.45, 2.75) is 37.8 Å². The second-order valence-electron chi connectivity index (χ2n) is 12.6. The third-order valence-corrected chi connectivity index (χ3v) is 9.97. The van der Waals surface area contributed by atoms with Crippen LogP contribution in [0.15, 0.2) is 54.6 Å². The third-order valence-electron chi connectivity index (χ3n) is 9.97. The summed E-state index contributed by atoms with van der Waals surface area (Å²) in [5, 5.41) is 11.6. The molecule has 0 fully saturated rings. The predicted molar refractivity (Wildman–Crippen MR) is 179 cm³/mol. The molecular weight excluding hydrogens is 596 g/mol. The summed E-state index contributed by atoms with van der Waals surface area (Å²) in [6.07, 6.45) is 2.95. The molecule has 47 heavy (non-hydrogen) atoms. The van der Waals surface area contributed by atoms with Crippen molar-refractivity contribution in [2.24, 2.45) is 0 Å². The van der Waals surface area contributed by atoms with Crippen LogP contribution in [-0.2, 0) is 25.7 Å². The minimum absolute atomic E-state index is 0.0767. The molecule has 0 saturated heterocycles. The Morgan fingerprint density at radius 1 is 0.681 bits per heavy atom. The fraction of sp³-hybridized carbons (Fsp3) is 0.368. The van der Waals surface area contributed by atoms with Gasteiger partial charge in [0.05, 0.1) is 28.4 Å². The Hall–Kier alpha value is -4.60. The molecule has 2 atom stereocenters. The smallest absolute Gasteiger partial charge is 0.208 e. The van der Waals surface area contributed by atoms with Crippen LogP contribution in [0.2, 0.25) is 0 Å². The molecule has 6 bridgehead atoms. The number of hydrogen-bond donors (Lipinski definition) is 1. The number of aromatic hydroxyl groups is 1. The lowest BCUT2D eigenvalue weighted by Gasteiger charge is -2.38. The van der Waals surface area contributed by atoms with Crippen molar-refractivity contribution in [3.63, 3.8) is 0 Å². The first-order chi connectivity index (χ1) is 22.8. The van der Waals surface area contributed by atoms with E-state index in [4.69, 9.17) is 28.4 Å². The fourth-order valence-electron chi connectivity index (χ4n) is 7.38. The Balaban J connectivity index is 1.49. The van der Waals surface area contributed by atoms with Crippen LogP contribution in [0.5, 0.6) is 51.7 Å². The van der Waals surface area contributed by atoms with Crippen LogP contribution in [0, 0.1) is 0 Å². The first-order valence-electron chi connectivity index (χ1n) is 16.1. The quantitative estimate of drug-likeness (QED) is 0.258. The zero-order valence-electron chi connectivity index (χ0n) is 27.9. The van der Waals surface area contributed by atoms with Gasteiger partial charge in [0, 0.05) is 36.3 Å². The van der Waals surface area contributed by atoms with E-state index in [1.165, 1.54) is 23.8 Å². The van der Waals surface area contributed by atoms with Gasteiger partial charge in [-0.05, 0) is 98.4 Å². The highest BCUT2D eigenvalue weighted by Crippen LogP contribution is 2.56. The summed E-state index contributed by atoms with van der Waals surface area (Å²) in [7, 11) is 10.7. The van der Waals surface area contributed by atoms with Crippen molar-refractivity contribution in [1.29, 1.82) is 0 Å². The molecule has 0 amide bonds. The summed E-state index contributed by atoms with van der Waals surface area (Å²) in [5.41, 5.74) is 6.33. The standard InChI is InChI=1S/C38H42N2O7/c1-39-15-13-24-20-31(43-4)33-21-27(24)28(39)17-22-7-10-25(11-8-22)46-32-19-23(9-12-30(32)42-3)18-29-34-26(14-16-40(29)2)35(41)37(44-5)38(45-6)36(34)47-33/h7-12,19-21,28-29,41H,13-18H2,1-6H3/t28-,29+/m1/s1. The van der Waals surface area contributed by atoms with E-state index in [-0.39, 0.29) is 23.6 Å². The van der Waals surface area contributed by atoms with E-state index in [0.29, 0.717) is 47.3 Å². The Kier molecular flexibility index (Phi) is 8.28. The lowest BCUT2D eigenvalue weighted by molar-refractivity contribution is 0.216. The Bertz CT molecular complexity index is 1810. The summed E-state index contributed by atoms with van der Waals surface area (Å²) in [6.45, 7) is 1.67. The Morgan fingerprint density at radius 3 is 2.06 bits per heavy atom. The molecule has 4 aromatic carbocycles. The molecule has 246 valence electrons. The van der Waals surface area contributed by atoms with Crippen LogP contribution in [0.1, 0.15) is 45.5 Å². The van der Waals surface area contributed by atoms with Gasteiger partial charge in [-0.25, -0.2) is 0 Å². The number of benzene rings is 4. The minimum atomic E-state index is -0.165. The maximum atomic E-state index is 11.6. The van der Waals surface area contributed by atoms with Gasteiger partial charge in [0.15, 0.2) is 34.5 Å². The van der Waals surface area contributed by atoms with Crippen molar-refractivity contribution >= 4 is 0 Å². The molecule has 0 aliphatic carbocycles. The van der Waals surface area contributed by atoms with Crippen molar-refractivity contribution in [1.82, 2.24) is 9.80 Å². The average Bonchev–Trinajstić information content (AvgIpc) is 3.08. The van der Waals surface area contributed by atoms with Gasteiger partial charge in [-0.2, -0.15) is 0 Å². The monoisotopic (exact) mass is 638 g/mol. The highest BCUT2D eigenvalue weighted by Gasteiger charge is 2.37. The molecule has 1 N–H and O–H groups in total. The zero-order chi connectivity index (χ0) is 32.8. The second kappa shape index (κ2) is 12.5. The minimum Gasteiger partial charge on any atom is -0.504 e. The number of rotatable bonds is 4. The number of hydrogen-bond acceptors (Lipinski definition) is 9. The van der Waals surface area contributed by atoms with Crippen molar-refractivity contribution in [2.75, 3.05) is 55.6 Å². The van der Waals surface area contributed by atoms with Crippen LogP contribution >= 0.6 is 0 Å². The SMILES string of the molecule is COc1ccc2cc1Oc1ccc(cc1)C[C@@H]1c3cc(c(OC)cc3CCN1C)Oc1c(OC)c(OC)c(O)c3c1[C@H](C2)N(C)CC3. The number of fused-ring (bicyclic) bond motifs is 2. The van der Waals surface area contributed by atoms with E-state index in [1.54, 1.807) is 21.3 Å². The zero-order valence-corrected chi connectivity index (χ0v) is 27.9. The lowest BCUT2D eigenvalue weighted by Crippen LogP contribution is -2.34. The van der Waals surface area contributed by atoms with Gasteiger partial charge < -0.3 is 33.5 Å². The molecule has 0 saturated carbocycles. The van der Waals surface area contributed by atoms with Crippen LogP contribution < -0.4 is 28.4 Å². The molecule has 9 heteroatoms. The first kappa shape index (κ1) is 31.0. The third kappa shape index (κ3) is 5.47. The van der Waals surface area contributed by atoms with Gasteiger partial charge in [-0.1, -0.05) is 18.2 Å². The molecule has 0 radical (unpaired) electrons. The van der Waals surface area contributed by atoms with E-state index in [1.807, 2.05) is 24.3 Å². The number of phenolic OH excluding ortho intramolecular Hbond substituents is 1. The van der Waals surface area contributed by atoms with Crippen molar-refractivity contribution < 1.29 is 33.5 Å². The van der Waals surface area contributed by atoms with Gasteiger partial charge in [-0.3, -0.25) is 9.80 Å². The maximum absolute atomic E-state index is 11.6. The molecular formula is C38H42N2O7. The van der Waals surface area contributed by atoms with Crippen LogP contribution in [0.3, 0.4) is 0 Å². The highest BCUT2D eigenvalue weighted by molar-refractivity contribution is 5.69. The summed E-state index contributed by atoms with van der Waals surface area (Å²) in [6, 6.07) is 18.5. The van der Waals surface area contributed by atoms with Crippen LogP contribution in [0.4, 0.5) is 0 Å². The molecule has 0 spiro atoms. The number of likely N-dealkylation sites (N-methyl/N-ethyl adjacent to an activating group) is 2. The summed E-state index contributed by atoms with van der Waals surface area (Å²) in [4.78, 5) is 4.69. The summed E-state index contributed by atoms with van der Waals surface area (Å²) < 4.78 is 36.8. The summed E-state index contributed by atoms with van der Waals surface area (Å²) in [5.74, 6) is 4.44. The number of phenols is 1. The average molecular weight is 639 g/mol. The molecule has 4 aromatic rings. The van der Waals surface area contributed by atoms with E-state index in [9.17, 15) is 5.11 Å². The molecule has 0 aromatic heterocycles. The van der Waals surface area contributed by atoms with E-state index >= 15 is 0 Å². The summed E-state index contributed by atoms with van der Waals surface area (Å²) >= 11 is 0. The van der Waals surface area contributed by atoms with E-state index < -0.39 is 0 Å². The first-order valence-corrected chi connectivity index (χ1v) is 16.1. The lowest BCUT2D eigenvalue weighted by atomic mass is 9.86. The Morgan fingerprint density at radius 2 is 1.34 bits per heavy atom. The van der Waals surface area contributed by atoms with Gasteiger partial charge in [0.2, 0.25) is 11.5 Å². The van der Waals surface area contributed by atoms with Crippen molar-refractivity contribution in [3.05, 3.63) is 88.0 Å². The van der Waals surface area contributed by atoms with Gasteiger partial charge >= 0.3 is 0 Å². The van der Waals surface area contributed by atoms with E-state index in [2.05, 4.69) is 54.2 Å². The van der Waals surface area contributed by atoms with Gasteiger partial charge in [0.25, 0.3) is 0 Å². The topological polar surface area (TPSA) is 82.1 Å². The largest absolute Gasteiger partial charge is 0.504 e. The van der Waals surface area contributed by atoms with Gasteiger partial charge in [-0.15, -0.1) is 0 Å². The molecule has 4 aliphatic rings. The second-order valence-corrected chi connectivity index (χ2v) is 12.6. The van der Waals surface area contributed by atoms with E-state index in [0.717, 1.165) is 48.4 Å². The molecule has 4 heterocycles. The van der Waals surface area contributed by atoms with Crippen LogP contribution in [0.25, 0.3) is 0 Å². The molecule has 9 nitrogen and oxygen atoms in total. The highest BCUT2D eigenvalue weighted by atomic mass is 16.5. The molecule has 0 unspecified atom stereocenters. The maximum Gasteiger partial charge on any atom is 0.208 e. The predicted octanol–water partition coefficient (Wildman–Crippen LogP) is 6.87. The molecule has 8 rings (SSSR count). The Labute approximate surface area is 276 Å².